The van der Waals surface area contributed by atoms with Gasteiger partial charge in [-0.25, -0.2) is 9.97 Å². The van der Waals surface area contributed by atoms with Crippen LogP contribution in [0.3, 0.4) is 0 Å². The summed E-state index contributed by atoms with van der Waals surface area (Å²) in [4.78, 5) is 9.09. The summed E-state index contributed by atoms with van der Waals surface area (Å²) in [5.41, 5.74) is 1.05. The van der Waals surface area contributed by atoms with Gasteiger partial charge < -0.3 is 9.73 Å². The van der Waals surface area contributed by atoms with Crippen molar-refractivity contribution in [3.05, 3.63) is 29.7 Å². The predicted octanol–water partition coefficient (Wildman–Crippen LogP) is 3.68. The molecule has 19 heavy (non-hydrogen) atoms. The highest BCUT2D eigenvalue weighted by atomic mass is 16.3. The molecule has 0 radical (unpaired) electrons. The van der Waals surface area contributed by atoms with Gasteiger partial charge in [-0.1, -0.05) is 13.8 Å². The first kappa shape index (κ1) is 13.6. The van der Waals surface area contributed by atoms with Gasteiger partial charge in [-0.05, 0) is 38.3 Å². The van der Waals surface area contributed by atoms with Gasteiger partial charge in [0.05, 0.1) is 0 Å². The topological polar surface area (TPSA) is 51.0 Å². The lowest BCUT2D eigenvalue weighted by molar-refractivity contribution is 0.543. The molecule has 1 N–H and O–H groups in total. The van der Waals surface area contributed by atoms with Gasteiger partial charge >= 0.3 is 0 Å². The molecule has 0 spiro atoms. The molecule has 2 rings (SSSR count). The summed E-state index contributed by atoms with van der Waals surface area (Å²) in [5, 5.41) is 3.25. The standard InChI is InChI=1S/C15H21N3O/c1-5-16-14-9-12(8-10(2)3)17-15(18-14)13-7-6-11(4)19-13/h6-7,9-10H,5,8H2,1-4H3,(H,16,17,18). The van der Waals surface area contributed by atoms with Crippen LogP contribution in [-0.2, 0) is 6.42 Å². The molecule has 0 atom stereocenters. The van der Waals surface area contributed by atoms with Gasteiger partial charge in [0, 0.05) is 18.3 Å². The molecule has 4 nitrogen and oxygen atoms in total. The average Bonchev–Trinajstić information content (AvgIpc) is 2.75. The molecule has 0 aliphatic rings. The maximum atomic E-state index is 5.61. The van der Waals surface area contributed by atoms with Crippen molar-refractivity contribution in [2.24, 2.45) is 5.92 Å². The van der Waals surface area contributed by atoms with Crippen LogP contribution in [0.15, 0.2) is 22.6 Å². The van der Waals surface area contributed by atoms with Crippen molar-refractivity contribution in [1.29, 1.82) is 0 Å². The summed E-state index contributed by atoms with van der Waals surface area (Å²) in [5.74, 6) is 3.68. The lowest BCUT2D eigenvalue weighted by Gasteiger charge is -2.09. The Morgan fingerprint density at radius 1 is 1.26 bits per heavy atom. The average molecular weight is 259 g/mol. The third-order valence-electron chi connectivity index (χ3n) is 2.72. The van der Waals surface area contributed by atoms with E-state index < -0.39 is 0 Å². The van der Waals surface area contributed by atoms with Crippen molar-refractivity contribution in [2.75, 3.05) is 11.9 Å². The van der Waals surface area contributed by atoms with Crippen LogP contribution >= 0.6 is 0 Å². The smallest absolute Gasteiger partial charge is 0.197 e. The van der Waals surface area contributed by atoms with Crippen LogP contribution in [0.5, 0.6) is 0 Å². The van der Waals surface area contributed by atoms with Crippen LogP contribution in [-0.4, -0.2) is 16.5 Å². The van der Waals surface area contributed by atoms with Gasteiger partial charge in [0.25, 0.3) is 0 Å². The van der Waals surface area contributed by atoms with Crippen LogP contribution in [0.4, 0.5) is 5.82 Å². The predicted molar refractivity (Wildman–Crippen MR) is 77.2 cm³/mol. The van der Waals surface area contributed by atoms with Gasteiger partial charge in [-0.15, -0.1) is 0 Å². The first-order chi connectivity index (χ1) is 9.08. The minimum Gasteiger partial charge on any atom is -0.458 e. The fraction of sp³-hybridized carbons (Fsp3) is 0.467. The highest BCUT2D eigenvalue weighted by Crippen LogP contribution is 2.21. The van der Waals surface area contributed by atoms with E-state index in [0.29, 0.717) is 11.7 Å². The van der Waals surface area contributed by atoms with Gasteiger partial charge in [-0.3, -0.25) is 0 Å². The van der Waals surface area contributed by atoms with E-state index in [1.807, 2.05) is 25.1 Å². The fourth-order valence-corrected chi connectivity index (χ4v) is 1.96. The Kier molecular flexibility index (Phi) is 4.20. The minimum atomic E-state index is 0.565. The Labute approximate surface area is 114 Å². The third-order valence-corrected chi connectivity index (χ3v) is 2.72. The maximum absolute atomic E-state index is 5.61. The molecule has 0 amide bonds. The highest BCUT2D eigenvalue weighted by molar-refractivity contribution is 5.51. The molecule has 0 aliphatic carbocycles. The van der Waals surface area contributed by atoms with E-state index in [-0.39, 0.29) is 0 Å². The Morgan fingerprint density at radius 3 is 2.63 bits per heavy atom. The van der Waals surface area contributed by atoms with Gasteiger partial charge in [0.1, 0.15) is 11.6 Å². The summed E-state index contributed by atoms with van der Waals surface area (Å²) in [6.45, 7) is 9.19. The fourth-order valence-electron chi connectivity index (χ4n) is 1.96. The number of aryl methyl sites for hydroxylation is 1. The number of nitrogens with zero attached hydrogens (tertiary/aromatic N) is 2. The van der Waals surface area contributed by atoms with Crippen molar-refractivity contribution in [2.45, 2.75) is 34.1 Å². The summed E-state index contributed by atoms with van der Waals surface area (Å²) < 4.78 is 5.61. The summed E-state index contributed by atoms with van der Waals surface area (Å²) in [7, 11) is 0. The molecule has 2 aromatic heterocycles. The Balaban J connectivity index is 2.38. The van der Waals surface area contributed by atoms with Gasteiger partial charge in [0.2, 0.25) is 0 Å². The normalized spacial score (nSPS) is 11.0. The van der Waals surface area contributed by atoms with Crippen molar-refractivity contribution in [3.8, 4) is 11.6 Å². The number of hydrogen-bond donors (Lipinski definition) is 1. The molecular weight excluding hydrogens is 238 g/mol. The van der Waals surface area contributed by atoms with Crippen molar-refractivity contribution in [3.63, 3.8) is 0 Å². The zero-order valence-electron chi connectivity index (χ0n) is 12.0. The second-order valence-corrected chi connectivity index (χ2v) is 5.11. The first-order valence-corrected chi connectivity index (χ1v) is 6.77. The lowest BCUT2D eigenvalue weighted by atomic mass is 10.1. The summed E-state index contributed by atoms with van der Waals surface area (Å²) >= 11 is 0. The third kappa shape index (κ3) is 3.56. The largest absolute Gasteiger partial charge is 0.458 e. The Bertz CT molecular complexity index is 546. The molecule has 0 saturated carbocycles. The SMILES string of the molecule is CCNc1cc(CC(C)C)nc(-c2ccc(C)o2)n1. The van der Waals surface area contributed by atoms with Crippen molar-refractivity contribution >= 4 is 5.82 Å². The number of aromatic nitrogens is 2. The Morgan fingerprint density at radius 2 is 2.05 bits per heavy atom. The quantitative estimate of drug-likeness (QED) is 0.890. The van der Waals surface area contributed by atoms with Crippen LogP contribution in [0.2, 0.25) is 0 Å². The number of anilines is 1. The van der Waals surface area contributed by atoms with Crippen molar-refractivity contribution in [1.82, 2.24) is 9.97 Å². The molecule has 4 heteroatoms. The monoisotopic (exact) mass is 259 g/mol. The molecule has 2 heterocycles. The van der Waals surface area contributed by atoms with E-state index in [2.05, 4.69) is 36.1 Å². The molecule has 0 saturated heterocycles. The molecule has 2 aromatic rings. The molecule has 0 fully saturated rings. The highest BCUT2D eigenvalue weighted by Gasteiger charge is 2.10. The second kappa shape index (κ2) is 5.87. The molecular formula is C15H21N3O. The number of furan rings is 1. The van der Waals surface area contributed by atoms with E-state index in [9.17, 15) is 0 Å². The van der Waals surface area contributed by atoms with E-state index in [1.165, 1.54) is 0 Å². The molecule has 0 aromatic carbocycles. The Hall–Kier alpha value is -1.84. The first-order valence-electron chi connectivity index (χ1n) is 6.77. The van der Waals surface area contributed by atoms with E-state index in [4.69, 9.17) is 4.42 Å². The number of rotatable bonds is 5. The number of nitrogens with one attached hydrogen (secondary N) is 1. The molecule has 102 valence electrons. The molecule has 0 aliphatic heterocycles. The lowest BCUT2D eigenvalue weighted by Crippen LogP contribution is -2.05. The van der Waals surface area contributed by atoms with E-state index in [0.717, 1.165) is 36.0 Å². The minimum absolute atomic E-state index is 0.565. The van der Waals surface area contributed by atoms with E-state index in [1.54, 1.807) is 0 Å². The van der Waals surface area contributed by atoms with Crippen LogP contribution in [0.1, 0.15) is 32.2 Å². The van der Waals surface area contributed by atoms with Crippen LogP contribution in [0, 0.1) is 12.8 Å². The number of hydrogen-bond acceptors (Lipinski definition) is 4. The second-order valence-electron chi connectivity index (χ2n) is 5.11. The van der Waals surface area contributed by atoms with Gasteiger partial charge in [0.15, 0.2) is 11.6 Å². The summed E-state index contributed by atoms with van der Waals surface area (Å²) in [6, 6.07) is 5.86. The van der Waals surface area contributed by atoms with Crippen LogP contribution < -0.4 is 5.32 Å². The van der Waals surface area contributed by atoms with Crippen molar-refractivity contribution < 1.29 is 4.42 Å². The zero-order chi connectivity index (χ0) is 13.8. The molecule has 0 bridgehead atoms. The maximum Gasteiger partial charge on any atom is 0.197 e. The summed E-state index contributed by atoms with van der Waals surface area (Å²) in [6.07, 6.45) is 0.938. The van der Waals surface area contributed by atoms with Gasteiger partial charge in [-0.2, -0.15) is 0 Å². The molecule has 0 unspecified atom stereocenters. The van der Waals surface area contributed by atoms with Crippen LogP contribution in [0.25, 0.3) is 11.6 Å². The van der Waals surface area contributed by atoms with E-state index >= 15 is 0 Å². The zero-order valence-corrected chi connectivity index (χ0v) is 12.0.